The van der Waals surface area contributed by atoms with Gasteiger partial charge in [-0.25, -0.2) is 9.97 Å². The van der Waals surface area contributed by atoms with E-state index in [-0.39, 0.29) is 25.3 Å². The van der Waals surface area contributed by atoms with Gasteiger partial charge in [0.15, 0.2) is 0 Å². The highest BCUT2D eigenvalue weighted by Crippen LogP contribution is 2.37. The minimum absolute atomic E-state index is 0.0187. The number of carbonyl (C=O) groups is 1. The van der Waals surface area contributed by atoms with Crippen molar-refractivity contribution < 1.29 is 27.8 Å². The van der Waals surface area contributed by atoms with Crippen LogP contribution in [0.3, 0.4) is 0 Å². The average molecular weight is 420 g/mol. The molecule has 10 heteroatoms. The highest BCUT2D eigenvalue weighted by atomic mass is 19.4. The van der Waals surface area contributed by atoms with Crippen molar-refractivity contribution in [3.63, 3.8) is 0 Å². The van der Waals surface area contributed by atoms with E-state index in [0.717, 1.165) is 23.1 Å². The first-order chi connectivity index (χ1) is 14.2. The minimum atomic E-state index is -4.50. The van der Waals surface area contributed by atoms with Crippen molar-refractivity contribution in [2.75, 3.05) is 24.6 Å². The zero-order valence-electron chi connectivity index (χ0n) is 16.0. The molecule has 0 aliphatic carbocycles. The van der Waals surface area contributed by atoms with Crippen molar-refractivity contribution in [1.82, 2.24) is 15.0 Å². The first kappa shape index (κ1) is 20.0. The van der Waals surface area contributed by atoms with Gasteiger partial charge in [-0.3, -0.25) is 4.79 Å². The van der Waals surface area contributed by atoms with Gasteiger partial charge in [-0.05, 0) is 37.1 Å². The van der Waals surface area contributed by atoms with E-state index in [2.05, 4.69) is 15.0 Å². The molecule has 0 amide bonds. The van der Waals surface area contributed by atoms with Crippen molar-refractivity contribution in [1.29, 1.82) is 0 Å². The van der Waals surface area contributed by atoms with E-state index < -0.39 is 23.1 Å². The number of hydrogen-bond acceptors (Lipinski definition) is 5. The molecule has 1 aromatic carbocycles. The summed E-state index contributed by atoms with van der Waals surface area (Å²) in [5.41, 5.74) is -0.515. The van der Waals surface area contributed by atoms with Gasteiger partial charge in [-0.2, -0.15) is 13.2 Å². The molecule has 2 aromatic heterocycles. The summed E-state index contributed by atoms with van der Waals surface area (Å²) in [4.78, 5) is 25.5. The van der Waals surface area contributed by atoms with Crippen LogP contribution in [-0.4, -0.2) is 45.7 Å². The molecule has 7 nitrogen and oxygen atoms in total. The van der Waals surface area contributed by atoms with Gasteiger partial charge < -0.3 is 19.7 Å². The molecule has 2 N–H and O–H groups in total. The molecule has 3 aromatic rings. The molecule has 1 fully saturated rings. The van der Waals surface area contributed by atoms with E-state index in [9.17, 15) is 23.1 Å². The second-order valence-corrected chi connectivity index (χ2v) is 7.46. The fraction of sp³-hybridized carbons (Fsp3) is 0.350. The standard InChI is InChI=1S/C20H19F3N4O3/c1-12-8-24-16-15(12)17(26-11-25-16)27-6-5-19(9-27,18(28)29)10-30-14-4-2-3-13(7-14)20(21,22)23/h2-4,7-8,11H,5-6,9-10H2,1H3,(H,28,29)(H,24,25,26). The number of hydrogen-bond donors (Lipinski definition) is 2. The Balaban J connectivity index is 1.56. The Labute approximate surface area is 169 Å². The molecule has 0 saturated carbocycles. The lowest BCUT2D eigenvalue weighted by molar-refractivity contribution is -0.149. The molecule has 1 unspecified atom stereocenters. The monoisotopic (exact) mass is 420 g/mol. The number of carboxylic acids is 1. The van der Waals surface area contributed by atoms with Crippen LogP contribution >= 0.6 is 0 Å². The maximum atomic E-state index is 12.9. The number of H-pyrrole nitrogens is 1. The highest BCUT2D eigenvalue weighted by molar-refractivity contribution is 5.91. The molecule has 0 radical (unpaired) electrons. The molecule has 158 valence electrons. The molecular formula is C20H19F3N4O3. The first-order valence-electron chi connectivity index (χ1n) is 9.27. The second-order valence-electron chi connectivity index (χ2n) is 7.46. The maximum Gasteiger partial charge on any atom is 0.416 e. The van der Waals surface area contributed by atoms with Crippen molar-refractivity contribution >= 4 is 22.8 Å². The number of aryl methyl sites for hydroxylation is 1. The molecule has 1 aliphatic rings. The van der Waals surface area contributed by atoms with E-state index in [1.54, 1.807) is 6.20 Å². The molecule has 30 heavy (non-hydrogen) atoms. The van der Waals surface area contributed by atoms with Crippen LogP contribution in [0.1, 0.15) is 17.5 Å². The third-order valence-electron chi connectivity index (χ3n) is 5.43. The summed E-state index contributed by atoms with van der Waals surface area (Å²) >= 11 is 0. The number of alkyl halides is 3. The number of carboxylic acid groups (broad SMARTS) is 1. The molecule has 4 rings (SSSR count). The van der Waals surface area contributed by atoms with Crippen LogP contribution in [0, 0.1) is 12.3 Å². The van der Waals surface area contributed by atoms with E-state index in [0.29, 0.717) is 18.0 Å². The summed E-state index contributed by atoms with van der Waals surface area (Å²) in [6.45, 7) is 2.20. The number of halogens is 3. The summed E-state index contributed by atoms with van der Waals surface area (Å²) in [7, 11) is 0. The summed E-state index contributed by atoms with van der Waals surface area (Å²) in [5.74, 6) is -0.455. The van der Waals surface area contributed by atoms with Gasteiger partial charge >= 0.3 is 12.1 Å². The average Bonchev–Trinajstić information content (AvgIpc) is 3.31. The Morgan fingerprint density at radius 2 is 2.17 bits per heavy atom. The first-order valence-corrected chi connectivity index (χ1v) is 9.27. The molecule has 0 spiro atoms. The van der Waals surface area contributed by atoms with Crippen LogP contribution in [0.5, 0.6) is 5.75 Å². The highest BCUT2D eigenvalue weighted by Gasteiger charge is 2.47. The Bertz CT molecular complexity index is 1100. The number of aliphatic carboxylic acids is 1. The number of ether oxygens (including phenoxy) is 1. The molecule has 1 aliphatic heterocycles. The molecule has 1 saturated heterocycles. The second kappa shape index (κ2) is 7.19. The zero-order chi connectivity index (χ0) is 21.5. The Morgan fingerprint density at radius 3 is 2.90 bits per heavy atom. The predicted molar refractivity (Wildman–Crippen MR) is 102 cm³/mol. The van der Waals surface area contributed by atoms with E-state index in [4.69, 9.17) is 4.74 Å². The fourth-order valence-electron chi connectivity index (χ4n) is 3.73. The largest absolute Gasteiger partial charge is 0.492 e. The summed E-state index contributed by atoms with van der Waals surface area (Å²) in [5, 5.41) is 10.7. The van der Waals surface area contributed by atoms with Crippen LogP contribution in [0.2, 0.25) is 0 Å². The predicted octanol–water partition coefficient (Wildman–Crippen LogP) is 3.65. The Kier molecular flexibility index (Phi) is 4.79. The van der Waals surface area contributed by atoms with Gasteiger partial charge in [0, 0.05) is 19.3 Å². The third-order valence-corrected chi connectivity index (χ3v) is 5.43. The van der Waals surface area contributed by atoms with Gasteiger partial charge in [-0.15, -0.1) is 0 Å². The number of rotatable bonds is 5. The summed E-state index contributed by atoms with van der Waals surface area (Å²) < 4.78 is 44.3. The van der Waals surface area contributed by atoms with Gasteiger partial charge in [0.1, 0.15) is 35.6 Å². The Morgan fingerprint density at radius 1 is 1.37 bits per heavy atom. The minimum Gasteiger partial charge on any atom is -0.492 e. The lowest BCUT2D eigenvalue weighted by Gasteiger charge is -2.25. The Hall–Kier alpha value is -3.30. The van der Waals surface area contributed by atoms with Crippen LogP contribution in [0.4, 0.5) is 19.0 Å². The topological polar surface area (TPSA) is 91.3 Å². The maximum absolute atomic E-state index is 12.9. The van der Waals surface area contributed by atoms with Gasteiger partial charge in [0.25, 0.3) is 0 Å². The number of nitrogens with one attached hydrogen (secondary N) is 1. The summed E-state index contributed by atoms with van der Waals surface area (Å²) in [6.07, 6.45) is -1.01. The summed E-state index contributed by atoms with van der Waals surface area (Å²) in [6, 6.07) is 4.43. The van der Waals surface area contributed by atoms with Gasteiger partial charge in [0.2, 0.25) is 0 Å². The smallest absolute Gasteiger partial charge is 0.416 e. The van der Waals surface area contributed by atoms with Crippen LogP contribution in [0.25, 0.3) is 11.0 Å². The molecule has 0 bridgehead atoms. The number of benzene rings is 1. The van der Waals surface area contributed by atoms with Crippen molar-refractivity contribution in [3.05, 3.63) is 47.9 Å². The van der Waals surface area contributed by atoms with Crippen molar-refractivity contribution in [2.45, 2.75) is 19.5 Å². The lowest BCUT2D eigenvalue weighted by Crippen LogP contribution is -2.40. The lowest BCUT2D eigenvalue weighted by atomic mass is 9.88. The quantitative estimate of drug-likeness (QED) is 0.655. The third kappa shape index (κ3) is 3.53. The van der Waals surface area contributed by atoms with Crippen LogP contribution < -0.4 is 9.64 Å². The zero-order valence-corrected chi connectivity index (χ0v) is 16.0. The molecular weight excluding hydrogens is 401 g/mol. The van der Waals surface area contributed by atoms with Crippen LogP contribution in [0.15, 0.2) is 36.8 Å². The number of aromatic nitrogens is 3. The van der Waals surface area contributed by atoms with E-state index in [1.807, 2.05) is 11.8 Å². The number of fused-ring (bicyclic) bond motifs is 1. The number of aromatic amines is 1. The van der Waals surface area contributed by atoms with E-state index >= 15 is 0 Å². The number of nitrogens with zero attached hydrogens (tertiary/aromatic N) is 3. The fourth-order valence-corrected chi connectivity index (χ4v) is 3.73. The molecule has 1 atom stereocenters. The van der Waals surface area contributed by atoms with E-state index in [1.165, 1.54) is 18.5 Å². The SMILES string of the molecule is Cc1c[nH]c2ncnc(N3CCC(COc4cccc(C(F)(F)F)c4)(C(=O)O)C3)c12. The van der Waals surface area contributed by atoms with Gasteiger partial charge in [-0.1, -0.05) is 6.07 Å². The van der Waals surface area contributed by atoms with Crippen molar-refractivity contribution in [2.24, 2.45) is 5.41 Å². The normalized spacial score (nSPS) is 19.4. The van der Waals surface area contributed by atoms with Gasteiger partial charge in [0.05, 0.1) is 10.9 Å². The number of anilines is 1. The van der Waals surface area contributed by atoms with Crippen molar-refractivity contribution in [3.8, 4) is 5.75 Å². The van der Waals surface area contributed by atoms with Crippen LogP contribution in [-0.2, 0) is 11.0 Å². The molecule has 3 heterocycles.